The number of ether oxygens (including phenoxy) is 2. The van der Waals surface area contributed by atoms with Crippen LogP contribution in [0.15, 0.2) is 35.1 Å². The van der Waals surface area contributed by atoms with Crippen molar-refractivity contribution >= 4 is 28.1 Å². The SMILES string of the molecule is O=C(Nc1ccc2c(c1)OCO2)C1CCN(c2nnc(-c3ccon3)s2)CC1. The highest BCUT2D eigenvalue weighted by molar-refractivity contribution is 7.18. The molecule has 1 saturated heterocycles. The van der Waals surface area contributed by atoms with Crippen LogP contribution in [0.5, 0.6) is 11.5 Å². The molecule has 1 fully saturated rings. The quantitative estimate of drug-likeness (QED) is 0.714. The van der Waals surface area contributed by atoms with Gasteiger partial charge >= 0.3 is 0 Å². The first kappa shape index (κ1) is 17.0. The van der Waals surface area contributed by atoms with E-state index in [1.807, 2.05) is 12.1 Å². The number of hydrogen-bond donors (Lipinski definition) is 1. The zero-order chi connectivity index (χ0) is 18.9. The lowest BCUT2D eigenvalue weighted by Crippen LogP contribution is -2.38. The van der Waals surface area contributed by atoms with Crippen LogP contribution in [0.2, 0.25) is 0 Å². The van der Waals surface area contributed by atoms with Crippen molar-refractivity contribution in [3.63, 3.8) is 0 Å². The zero-order valence-corrected chi connectivity index (χ0v) is 15.6. The fraction of sp³-hybridized carbons (Fsp3) is 0.333. The minimum Gasteiger partial charge on any atom is -0.454 e. The van der Waals surface area contributed by atoms with Crippen LogP contribution in [0.25, 0.3) is 10.7 Å². The van der Waals surface area contributed by atoms with E-state index in [0.29, 0.717) is 17.2 Å². The highest BCUT2D eigenvalue weighted by Crippen LogP contribution is 2.35. The number of benzene rings is 1. The summed E-state index contributed by atoms with van der Waals surface area (Å²) < 4.78 is 15.5. The summed E-state index contributed by atoms with van der Waals surface area (Å²) in [6.45, 7) is 1.73. The number of nitrogens with one attached hydrogen (secondary N) is 1. The van der Waals surface area contributed by atoms with Gasteiger partial charge in [-0.1, -0.05) is 16.5 Å². The van der Waals surface area contributed by atoms with E-state index in [2.05, 4.69) is 25.6 Å². The summed E-state index contributed by atoms with van der Waals surface area (Å²) in [7, 11) is 0. The fourth-order valence-electron chi connectivity index (χ4n) is 3.32. The van der Waals surface area contributed by atoms with Crippen molar-refractivity contribution in [2.45, 2.75) is 12.8 Å². The Labute approximate surface area is 164 Å². The molecule has 2 aliphatic rings. The second kappa shape index (κ2) is 7.12. The van der Waals surface area contributed by atoms with Crippen molar-refractivity contribution in [2.24, 2.45) is 5.92 Å². The maximum absolute atomic E-state index is 12.6. The lowest BCUT2D eigenvalue weighted by molar-refractivity contribution is -0.120. The summed E-state index contributed by atoms with van der Waals surface area (Å²) in [5, 5.41) is 16.9. The average Bonchev–Trinajstić information content (AvgIpc) is 3.48. The van der Waals surface area contributed by atoms with Crippen molar-refractivity contribution < 1.29 is 18.8 Å². The van der Waals surface area contributed by atoms with Crippen LogP contribution in [-0.2, 0) is 4.79 Å². The largest absolute Gasteiger partial charge is 0.454 e. The van der Waals surface area contributed by atoms with E-state index in [1.54, 1.807) is 12.1 Å². The summed E-state index contributed by atoms with van der Waals surface area (Å²) in [6, 6.07) is 7.19. The highest BCUT2D eigenvalue weighted by Gasteiger charge is 2.27. The third-order valence-electron chi connectivity index (χ3n) is 4.85. The molecule has 5 rings (SSSR count). The fourth-order valence-corrected chi connectivity index (χ4v) is 4.18. The van der Waals surface area contributed by atoms with E-state index in [-0.39, 0.29) is 18.6 Å². The van der Waals surface area contributed by atoms with Crippen molar-refractivity contribution in [1.82, 2.24) is 15.4 Å². The third kappa shape index (κ3) is 3.26. The molecule has 4 heterocycles. The van der Waals surface area contributed by atoms with Gasteiger partial charge in [-0.25, -0.2) is 0 Å². The minimum absolute atomic E-state index is 0.0269. The second-order valence-corrected chi connectivity index (χ2v) is 7.55. The molecule has 28 heavy (non-hydrogen) atoms. The number of piperidine rings is 1. The van der Waals surface area contributed by atoms with Gasteiger partial charge in [0.05, 0.1) is 0 Å². The van der Waals surface area contributed by atoms with E-state index in [1.165, 1.54) is 17.6 Å². The molecular formula is C18H17N5O4S. The van der Waals surface area contributed by atoms with E-state index < -0.39 is 0 Å². The molecule has 0 atom stereocenters. The van der Waals surface area contributed by atoms with Crippen LogP contribution < -0.4 is 19.7 Å². The molecule has 0 unspecified atom stereocenters. The first-order valence-electron chi connectivity index (χ1n) is 8.96. The van der Waals surface area contributed by atoms with Gasteiger partial charge in [0.15, 0.2) is 16.5 Å². The van der Waals surface area contributed by atoms with Gasteiger partial charge in [0, 0.05) is 36.8 Å². The number of amides is 1. The molecule has 0 bridgehead atoms. The van der Waals surface area contributed by atoms with Crippen LogP contribution in [0.3, 0.4) is 0 Å². The maximum Gasteiger partial charge on any atom is 0.231 e. The topological polar surface area (TPSA) is 103 Å². The van der Waals surface area contributed by atoms with Crippen LogP contribution >= 0.6 is 11.3 Å². The third-order valence-corrected chi connectivity index (χ3v) is 5.85. The highest BCUT2D eigenvalue weighted by atomic mass is 32.1. The Morgan fingerprint density at radius 2 is 2.00 bits per heavy atom. The van der Waals surface area contributed by atoms with E-state index in [4.69, 9.17) is 14.0 Å². The number of anilines is 2. The van der Waals surface area contributed by atoms with Crippen molar-refractivity contribution in [2.75, 3.05) is 30.1 Å². The molecule has 2 aromatic heterocycles. The van der Waals surface area contributed by atoms with Crippen molar-refractivity contribution in [1.29, 1.82) is 0 Å². The molecule has 0 radical (unpaired) electrons. The van der Waals surface area contributed by atoms with E-state index in [9.17, 15) is 4.79 Å². The van der Waals surface area contributed by atoms with Gasteiger partial charge in [0.1, 0.15) is 12.0 Å². The van der Waals surface area contributed by atoms with Crippen molar-refractivity contribution in [3.05, 3.63) is 30.5 Å². The Kier molecular flexibility index (Phi) is 4.32. The van der Waals surface area contributed by atoms with Gasteiger partial charge < -0.3 is 24.2 Å². The monoisotopic (exact) mass is 399 g/mol. The summed E-state index contributed by atoms with van der Waals surface area (Å²) in [5.41, 5.74) is 1.40. The summed E-state index contributed by atoms with van der Waals surface area (Å²) in [4.78, 5) is 14.8. The smallest absolute Gasteiger partial charge is 0.231 e. The predicted molar refractivity (Wildman–Crippen MR) is 102 cm³/mol. The van der Waals surface area contributed by atoms with Crippen LogP contribution in [0, 0.1) is 5.92 Å². The Bertz CT molecular complexity index is 982. The molecule has 9 nitrogen and oxygen atoms in total. The molecule has 1 amide bonds. The summed E-state index contributed by atoms with van der Waals surface area (Å²) >= 11 is 1.48. The Balaban J connectivity index is 1.18. The van der Waals surface area contributed by atoms with Gasteiger partial charge in [-0.3, -0.25) is 4.79 Å². The molecule has 0 saturated carbocycles. The van der Waals surface area contributed by atoms with E-state index >= 15 is 0 Å². The van der Waals surface area contributed by atoms with Gasteiger partial charge in [-0.2, -0.15) is 0 Å². The normalized spacial score (nSPS) is 16.4. The maximum atomic E-state index is 12.6. The van der Waals surface area contributed by atoms with Crippen LogP contribution in [0.1, 0.15) is 12.8 Å². The van der Waals surface area contributed by atoms with Gasteiger partial charge in [0.2, 0.25) is 17.8 Å². The number of carbonyl (C=O) groups excluding carboxylic acids is 1. The number of nitrogens with zero attached hydrogens (tertiary/aromatic N) is 4. The van der Waals surface area contributed by atoms with E-state index in [0.717, 1.165) is 41.8 Å². The first-order valence-corrected chi connectivity index (χ1v) is 9.77. The number of aromatic nitrogens is 3. The molecule has 10 heteroatoms. The first-order chi connectivity index (χ1) is 13.8. The molecule has 0 spiro atoms. The molecule has 0 aliphatic carbocycles. The molecular weight excluding hydrogens is 382 g/mol. The predicted octanol–water partition coefficient (Wildman–Crippen LogP) is 2.78. The number of fused-ring (bicyclic) bond motifs is 1. The van der Waals surface area contributed by atoms with Gasteiger partial charge in [0.25, 0.3) is 0 Å². The lowest BCUT2D eigenvalue weighted by atomic mass is 9.96. The lowest BCUT2D eigenvalue weighted by Gasteiger charge is -2.30. The second-order valence-electron chi connectivity index (χ2n) is 6.59. The number of hydrogen-bond acceptors (Lipinski definition) is 9. The molecule has 1 N–H and O–H groups in total. The van der Waals surface area contributed by atoms with Crippen LogP contribution in [-0.4, -0.2) is 41.1 Å². The summed E-state index contributed by atoms with van der Waals surface area (Å²) in [6.07, 6.45) is 3.03. The summed E-state index contributed by atoms with van der Waals surface area (Å²) in [5.74, 6) is 1.35. The number of carbonyl (C=O) groups is 1. The Morgan fingerprint density at radius 1 is 1.14 bits per heavy atom. The molecule has 3 aromatic rings. The van der Waals surface area contributed by atoms with Gasteiger partial charge in [-0.15, -0.1) is 10.2 Å². The molecule has 1 aromatic carbocycles. The number of rotatable bonds is 4. The Hall–Kier alpha value is -3.14. The zero-order valence-electron chi connectivity index (χ0n) is 14.8. The minimum atomic E-state index is -0.0374. The molecule has 2 aliphatic heterocycles. The van der Waals surface area contributed by atoms with Crippen LogP contribution in [0.4, 0.5) is 10.8 Å². The molecule has 144 valence electrons. The Morgan fingerprint density at radius 3 is 2.82 bits per heavy atom. The van der Waals surface area contributed by atoms with Crippen molar-refractivity contribution in [3.8, 4) is 22.2 Å². The average molecular weight is 399 g/mol. The van der Waals surface area contributed by atoms with Gasteiger partial charge in [-0.05, 0) is 25.0 Å². The standard InChI is InChI=1S/C18H17N5O4S/c24-16(19-12-1-2-14-15(9-12)26-10-25-14)11-3-6-23(7-4-11)18-21-20-17(28-18)13-5-8-27-22-13/h1-2,5,8-9,11H,3-4,6-7,10H2,(H,19,24).